The first-order valence-electron chi connectivity index (χ1n) is 4.08. The molecule has 1 rings (SSSR count). The minimum Gasteiger partial charge on any atom is -0.262 e. The van der Waals surface area contributed by atoms with Crippen LogP contribution in [0.1, 0.15) is 19.5 Å². The first-order chi connectivity index (χ1) is 6.30. The summed E-state index contributed by atoms with van der Waals surface area (Å²) in [6.45, 7) is 3.84. The molecule has 0 radical (unpaired) electrons. The van der Waals surface area contributed by atoms with Gasteiger partial charge in [-0.15, -0.1) is 11.8 Å². The Labute approximate surface area is 84.5 Å². The first kappa shape index (κ1) is 11.4. The van der Waals surface area contributed by atoms with Gasteiger partial charge in [-0.25, -0.2) is 0 Å². The number of hydrogen-bond acceptors (Lipinski definition) is 2. The lowest BCUT2D eigenvalue weighted by atomic mass is 10.4. The zero-order valence-electron chi connectivity index (χ0n) is 8.09. The Balaban J connectivity index is 2.94. The molecular weight excluding hydrogens is 213 g/mol. The highest BCUT2D eigenvalue weighted by atomic mass is 32.2. The molecule has 2 nitrogen and oxygen atoms in total. The van der Waals surface area contributed by atoms with Crippen LogP contribution in [-0.2, 0) is 13.2 Å². The second-order valence-electron chi connectivity index (χ2n) is 3.16. The van der Waals surface area contributed by atoms with Crippen LogP contribution in [0.4, 0.5) is 13.2 Å². The lowest BCUT2D eigenvalue weighted by molar-refractivity contribution is -0.141. The van der Waals surface area contributed by atoms with E-state index in [1.165, 1.54) is 23.5 Å². The zero-order chi connectivity index (χ0) is 10.9. The van der Waals surface area contributed by atoms with Gasteiger partial charge in [0.15, 0.2) is 5.69 Å². The van der Waals surface area contributed by atoms with E-state index in [9.17, 15) is 13.2 Å². The number of thioether (sulfide) groups is 1. The van der Waals surface area contributed by atoms with E-state index in [1.54, 1.807) is 0 Å². The molecule has 0 unspecified atom stereocenters. The van der Waals surface area contributed by atoms with Crippen molar-refractivity contribution < 1.29 is 13.2 Å². The smallest absolute Gasteiger partial charge is 0.262 e. The van der Waals surface area contributed by atoms with Crippen LogP contribution in [0.15, 0.2) is 11.1 Å². The molecule has 0 atom stereocenters. The SMILES string of the molecule is CC(C)Sc1cc(C(F)(F)F)nn1C. The maximum atomic E-state index is 12.2. The lowest BCUT2D eigenvalue weighted by Gasteiger charge is -2.02. The third-order valence-corrected chi connectivity index (χ3v) is 2.58. The van der Waals surface area contributed by atoms with Crippen LogP contribution in [0.2, 0.25) is 0 Å². The quantitative estimate of drug-likeness (QED) is 0.719. The van der Waals surface area contributed by atoms with E-state index >= 15 is 0 Å². The van der Waals surface area contributed by atoms with Gasteiger partial charge >= 0.3 is 6.18 Å². The van der Waals surface area contributed by atoms with Gasteiger partial charge in [0, 0.05) is 18.4 Å². The minimum atomic E-state index is -4.35. The summed E-state index contributed by atoms with van der Waals surface area (Å²) < 4.78 is 38.0. The van der Waals surface area contributed by atoms with Crippen LogP contribution in [0.3, 0.4) is 0 Å². The van der Waals surface area contributed by atoms with Gasteiger partial charge in [0.05, 0.1) is 5.03 Å². The van der Waals surface area contributed by atoms with Gasteiger partial charge in [-0.05, 0) is 0 Å². The molecule has 14 heavy (non-hydrogen) atoms. The molecule has 0 N–H and O–H groups in total. The summed E-state index contributed by atoms with van der Waals surface area (Å²) >= 11 is 1.36. The summed E-state index contributed by atoms with van der Waals surface area (Å²) in [5.41, 5.74) is -0.830. The Morgan fingerprint density at radius 1 is 1.43 bits per heavy atom. The second kappa shape index (κ2) is 3.84. The van der Waals surface area contributed by atoms with Crippen LogP contribution in [0, 0.1) is 0 Å². The second-order valence-corrected chi connectivity index (χ2v) is 4.75. The summed E-state index contributed by atoms with van der Waals surface area (Å²) in [7, 11) is 1.51. The average Bonchev–Trinajstić information content (AvgIpc) is 2.30. The fourth-order valence-electron chi connectivity index (χ4n) is 0.940. The van der Waals surface area contributed by atoms with E-state index in [-0.39, 0.29) is 5.25 Å². The number of halogens is 3. The van der Waals surface area contributed by atoms with Crippen molar-refractivity contribution in [2.75, 3.05) is 0 Å². The largest absolute Gasteiger partial charge is 0.435 e. The molecule has 0 aromatic carbocycles. The van der Waals surface area contributed by atoms with Gasteiger partial charge in [-0.1, -0.05) is 13.8 Å². The number of aromatic nitrogens is 2. The molecule has 0 bridgehead atoms. The summed E-state index contributed by atoms with van der Waals surface area (Å²) in [5, 5.41) is 4.18. The third-order valence-electron chi connectivity index (χ3n) is 1.48. The number of aryl methyl sites for hydroxylation is 1. The summed E-state index contributed by atoms with van der Waals surface area (Å²) in [4.78, 5) is 0. The lowest BCUT2D eigenvalue weighted by Crippen LogP contribution is -2.06. The molecule has 80 valence electrons. The van der Waals surface area contributed by atoms with Crippen molar-refractivity contribution in [3.63, 3.8) is 0 Å². The Morgan fingerprint density at radius 3 is 2.36 bits per heavy atom. The van der Waals surface area contributed by atoms with E-state index in [0.29, 0.717) is 5.03 Å². The normalized spacial score (nSPS) is 12.5. The molecule has 0 saturated carbocycles. The first-order valence-corrected chi connectivity index (χ1v) is 4.96. The third kappa shape index (κ3) is 2.67. The van der Waals surface area contributed by atoms with E-state index in [4.69, 9.17) is 0 Å². The molecule has 6 heteroatoms. The van der Waals surface area contributed by atoms with Crippen LogP contribution < -0.4 is 0 Å². The predicted octanol–water partition coefficient (Wildman–Crippen LogP) is 2.94. The molecule has 1 aromatic heterocycles. The van der Waals surface area contributed by atoms with Crippen molar-refractivity contribution in [3.8, 4) is 0 Å². The maximum Gasteiger partial charge on any atom is 0.435 e. The minimum absolute atomic E-state index is 0.242. The van der Waals surface area contributed by atoms with Crippen molar-refractivity contribution in [2.24, 2.45) is 7.05 Å². The van der Waals surface area contributed by atoms with Gasteiger partial charge in [0.2, 0.25) is 0 Å². The van der Waals surface area contributed by atoms with Crippen LogP contribution >= 0.6 is 11.8 Å². The van der Waals surface area contributed by atoms with Crippen LogP contribution in [-0.4, -0.2) is 15.0 Å². The number of hydrogen-bond donors (Lipinski definition) is 0. The molecule has 0 aliphatic carbocycles. The maximum absolute atomic E-state index is 12.2. The predicted molar refractivity (Wildman–Crippen MR) is 49.2 cm³/mol. The van der Waals surface area contributed by atoms with E-state index in [2.05, 4.69) is 5.10 Å². The van der Waals surface area contributed by atoms with Crippen molar-refractivity contribution in [1.29, 1.82) is 0 Å². The molecule has 0 aliphatic heterocycles. The highest BCUT2D eigenvalue weighted by Crippen LogP contribution is 2.32. The summed E-state index contributed by atoms with van der Waals surface area (Å²) in [6, 6.07) is 1.07. The van der Waals surface area contributed by atoms with Crippen LogP contribution in [0.5, 0.6) is 0 Å². The molecule has 0 saturated heterocycles. The fourth-order valence-corrected chi connectivity index (χ4v) is 1.80. The van der Waals surface area contributed by atoms with Crippen molar-refractivity contribution >= 4 is 11.8 Å². The highest BCUT2D eigenvalue weighted by Gasteiger charge is 2.34. The topological polar surface area (TPSA) is 17.8 Å². The van der Waals surface area contributed by atoms with Gasteiger partial charge < -0.3 is 0 Å². The Hall–Kier alpha value is -0.650. The van der Waals surface area contributed by atoms with Crippen molar-refractivity contribution in [1.82, 2.24) is 9.78 Å². The van der Waals surface area contributed by atoms with E-state index < -0.39 is 11.9 Å². The van der Waals surface area contributed by atoms with E-state index in [1.807, 2.05) is 13.8 Å². The number of nitrogens with zero attached hydrogens (tertiary/aromatic N) is 2. The highest BCUT2D eigenvalue weighted by molar-refractivity contribution is 7.99. The molecule has 1 aromatic rings. The van der Waals surface area contributed by atoms with Gasteiger partial charge in [-0.3, -0.25) is 4.68 Å². The zero-order valence-corrected chi connectivity index (χ0v) is 8.91. The van der Waals surface area contributed by atoms with Gasteiger partial charge in [0.25, 0.3) is 0 Å². The molecule has 1 heterocycles. The standard InChI is InChI=1S/C8H11F3N2S/c1-5(2)14-7-4-6(8(9,10)11)12-13(7)3/h4-5H,1-3H3. The molecular formula is C8H11F3N2S. The Kier molecular flexibility index (Phi) is 3.14. The van der Waals surface area contributed by atoms with Crippen molar-refractivity contribution in [2.45, 2.75) is 30.3 Å². The Bertz CT molecular complexity index is 317. The number of alkyl halides is 3. The van der Waals surface area contributed by atoms with E-state index in [0.717, 1.165) is 6.07 Å². The average molecular weight is 224 g/mol. The molecule has 0 aliphatic rings. The summed E-state index contributed by atoms with van der Waals surface area (Å²) in [6.07, 6.45) is -4.35. The molecule has 0 spiro atoms. The number of rotatable bonds is 2. The Morgan fingerprint density at radius 2 is 2.00 bits per heavy atom. The van der Waals surface area contributed by atoms with Crippen molar-refractivity contribution in [3.05, 3.63) is 11.8 Å². The monoisotopic (exact) mass is 224 g/mol. The van der Waals surface area contributed by atoms with Gasteiger partial charge in [-0.2, -0.15) is 18.3 Å². The fraction of sp³-hybridized carbons (Fsp3) is 0.625. The van der Waals surface area contributed by atoms with Crippen LogP contribution in [0.25, 0.3) is 0 Å². The summed E-state index contributed by atoms with van der Waals surface area (Å²) in [5.74, 6) is 0. The van der Waals surface area contributed by atoms with Gasteiger partial charge in [0.1, 0.15) is 0 Å². The molecule has 0 fully saturated rings. The molecule has 0 amide bonds.